The lowest BCUT2D eigenvalue weighted by Gasteiger charge is -2.33. The fraction of sp³-hybridized carbons (Fsp3) is 0.375. The molecule has 108 valence electrons. The van der Waals surface area contributed by atoms with Crippen LogP contribution >= 0.6 is 0 Å². The Hall–Kier alpha value is -2.16. The molecule has 1 aliphatic rings. The van der Waals surface area contributed by atoms with E-state index in [9.17, 15) is 5.26 Å². The molecule has 21 heavy (non-hydrogen) atoms. The quantitative estimate of drug-likeness (QED) is 0.912. The normalized spacial score (nSPS) is 17.5. The first-order valence-corrected chi connectivity index (χ1v) is 7.12. The van der Waals surface area contributed by atoms with E-state index >= 15 is 0 Å². The van der Waals surface area contributed by atoms with Crippen molar-refractivity contribution in [1.29, 1.82) is 5.26 Å². The number of nitriles is 1. The van der Waals surface area contributed by atoms with E-state index < -0.39 is 0 Å². The number of para-hydroxylation sites is 1. The number of rotatable bonds is 2. The average molecular weight is 282 g/mol. The van der Waals surface area contributed by atoms with Gasteiger partial charge in [-0.1, -0.05) is 18.2 Å². The van der Waals surface area contributed by atoms with Crippen molar-refractivity contribution < 1.29 is 4.74 Å². The standard InChI is InChI=1S/C16H18N4O/c1-11(20-6-8-21-9-7-20)15-12-4-2-3-5-14(12)19-16(18)13(15)10-17/h2-5,11H,6-9H2,1H3,(H2,18,19). The number of hydrogen-bond donors (Lipinski definition) is 1. The third kappa shape index (κ3) is 2.44. The summed E-state index contributed by atoms with van der Waals surface area (Å²) in [5, 5.41) is 10.5. The Morgan fingerprint density at radius 1 is 1.33 bits per heavy atom. The van der Waals surface area contributed by atoms with Crippen molar-refractivity contribution in [3.8, 4) is 6.07 Å². The molecule has 0 aliphatic carbocycles. The highest BCUT2D eigenvalue weighted by Crippen LogP contribution is 2.33. The van der Waals surface area contributed by atoms with E-state index in [0.29, 0.717) is 11.4 Å². The number of hydrogen-bond acceptors (Lipinski definition) is 5. The van der Waals surface area contributed by atoms with Crippen LogP contribution in [-0.2, 0) is 4.74 Å². The van der Waals surface area contributed by atoms with Crippen LogP contribution < -0.4 is 5.73 Å². The summed E-state index contributed by atoms with van der Waals surface area (Å²) in [6, 6.07) is 10.2. The van der Waals surface area contributed by atoms with Crippen molar-refractivity contribution in [1.82, 2.24) is 9.88 Å². The highest BCUT2D eigenvalue weighted by Gasteiger charge is 2.24. The van der Waals surface area contributed by atoms with Crippen LogP contribution in [0.3, 0.4) is 0 Å². The lowest BCUT2D eigenvalue weighted by molar-refractivity contribution is 0.0201. The Labute approximate surface area is 123 Å². The van der Waals surface area contributed by atoms with E-state index in [-0.39, 0.29) is 6.04 Å². The summed E-state index contributed by atoms with van der Waals surface area (Å²) < 4.78 is 5.41. The zero-order valence-corrected chi connectivity index (χ0v) is 12.0. The fourth-order valence-electron chi connectivity index (χ4n) is 2.96. The number of nitrogen functional groups attached to an aromatic ring is 1. The van der Waals surface area contributed by atoms with Crippen molar-refractivity contribution in [3.05, 3.63) is 35.4 Å². The van der Waals surface area contributed by atoms with Gasteiger partial charge in [-0.15, -0.1) is 0 Å². The fourth-order valence-corrected chi connectivity index (χ4v) is 2.96. The van der Waals surface area contributed by atoms with Crippen LogP contribution in [-0.4, -0.2) is 36.2 Å². The van der Waals surface area contributed by atoms with Crippen LogP contribution in [0.25, 0.3) is 10.9 Å². The Morgan fingerprint density at radius 2 is 2.05 bits per heavy atom. The monoisotopic (exact) mass is 282 g/mol. The van der Waals surface area contributed by atoms with Gasteiger partial charge in [0.2, 0.25) is 0 Å². The summed E-state index contributed by atoms with van der Waals surface area (Å²) in [5.41, 5.74) is 8.29. The molecule has 1 atom stereocenters. The van der Waals surface area contributed by atoms with Gasteiger partial charge < -0.3 is 10.5 Å². The Morgan fingerprint density at radius 3 is 2.76 bits per heavy atom. The lowest BCUT2D eigenvalue weighted by atomic mass is 9.96. The van der Waals surface area contributed by atoms with Crippen molar-refractivity contribution in [2.24, 2.45) is 0 Å². The molecule has 5 heteroatoms. The van der Waals surface area contributed by atoms with Crippen molar-refractivity contribution in [2.45, 2.75) is 13.0 Å². The van der Waals surface area contributed by atoms with Gasteiger partial charge in [0.25, 0.3) is 0 Å². The van der Waals surface area contributed by atoms with Crippen molar-refractivity contribution in [2.75, 3.05) is 32.0 Å². The molecule has 1 aromatic carbocycles. The zero-order chi connectivity index (χ0) is 14.8. The van der Waals surface area contributed by atoms with Gasteiger partial charge in [-0.25, -0.2) is 4.98 Å². The summed E-state index contributed by atoms with van der Waals surface area (Å²) in [4.78, 5) is 6.67. The molecule has 1 aliphatic heterocycles. The summed E-state index contributed by atoms with van der Waals surface area (Å²) in [6.45, 7) is 5.30. The minimum absolute atomic E-state index is 0.110. The van der Waals surface area contributed by atoms with Crippen LogP contribution in [0.2, 0.25) is 0 Å². The number of nitrogens with two attached hydrogens (primary N) is 1. The second-order valence-electron chi connectivity index (χ2n) is 5.24. The first-order valence-electron chi connectivity index (χ1n) is 7.12. The van der Waals surface area contributed by atoms with Crippen LogP contribution in [0, 0.1) is 11.3 Å². The van der Waals surface area contributed by atoms with E-state index in [1.807, 2.05) is 24.3 Å². The maximum absolute atomic E-state index is 9.49. The van der Waals surface area contributed by atoms with Gasteiger partial charge in [0.15, 0.2) is 0 Å². The Balaban J connectivity index is 2.17. The third-order valence-corrected chi connectivity index (χ3v) is 4.08. The molecule has 3 rings (SSSR count). The summed E-state index contributed by atoms with van der Waals surface area (Å²) in [6.07, 6.45) is 0. The highest BCUT2D eigenvalue weighted by molar-refractivity contribution is 5.87. The van der Waals surface area contributed by atoms with Gasteiger partial charge in [-0.2, -0.15) is 5.26 Å². The van der Waals surface area contributed by atoms with Gasteiger partial charge in [0.05, 0.1) is 24.3 Å². The van der Waals surface area contributed by atoms with Crippen LogP contribution in [0.4, 0.5) is 5.82 Å². The first kappa shape index (κ1) is 13.8. The molecule has 2 aromatic rings. The minimum Gasteiger partial charge on any atom is -0.383 e. The number of ether oxygens (including phenoxy) is 1. The SMILES string of the molecule is CC(c1c(C#N)c(N)nc2ccccc12)N1CCOCC1. The van der Waals surface area contributed by atoms with E-state index in [2.05, 4.69) is 22.9 Å². The molecule has 1 fully saturated rings. The second-order valence-corrected chi connectivity index (χ2v) is 5.24. The molecular weight excluding hydrogens is 264 g/mol. The van der Waals surface area contributed by atoms with E-state index in [1.54, 1.807) is 0 Å². The smallest absolute Gasteiger partial charge is 0.142 e. The van der Waals surface area contributed by atoms with Gasteiger partial charge in [0.1, 0.15) is 11.9 Å². The summed E-state index contributed by atoms with van der Waals surface area (Å²) >= 11 is 0. The van der Waals surface area contributed by atoms with E-state index in [1.165, 1.54) is 0 Å². The second kappa shape index (κ2) is 5.68. The number of anilines is 1. The molecule has 1 saturated heterocycles. The molecular formula is C16H18N4O. The number of benzene rings is 1. The van der Waals surface area contributed by atoms with Crippen LogP contribution in [0.15, 0.2) is 24.3 Å². The molecule has 1 aromatic heterocycles. The molecule has 0 amide bonds. The Bertz CT molecular complexity index is 701. The van der Waals surface area contributed by atoms with Crippen LogP contribution in [0.5, 0.6) is 0 Å². The molecule has 0 saturated carbocycles. The summed E-state index contributed by atoms with van der Waals surface area (Å²) in [7, 11) is 0. The van der Waals surface area contributed by atoms with E-state index in [0.717, 1.165) is 42.8 Å². The number of morpholine rings is 1. The van der Waals surface area contributed by atoms with Gasteiger partial charge >= 0.3 is 0 Å². The molecule has 0 radical (unpaired) electrons. The maximum atomic E-state index is 9.49. The minimum atomic E-state index is 0.110. The first-order chi connectivity index (χ1) is 10.2. The van der Waals surface area contributed by atoms with E-state index in [4.69, 9.17) is 10.5 Å². The number of pyridine rings is 1. The van der Waals surface area contributed by atoms with Gasteiger partial charge in [-0.3, -0.25) is 4.90 Å². The van der Waals surface area contributed by atoms with Crippen molar-refractivity contribution >= 4 is 16.7 Å². The van der Waals surface area contributed by atoms with Crippen molar-refractivity contribution in [3.63, 3.8) is 0 Å². The van der Waals surface area contributed by atoms with Gasteiger partial charge in [-0.05, 0) is 18.6 Å². The maximum Gasteiger partial charge on any atom is 0.142 e. The largest absolute Gasteiger partial charge is 0.383 e. The molecule has 5 nitrogen and oxygen atoms in total. The predicted molar refractivity (Wildman–Crippen MR) is 81.7 cm³/mol. The number of aromatic nitrogens is 1. The number of nitrogens with zero attached hydrogens (tertiary/aromatic N) is 3. The van der Waals surface area contributed by atoms with Gasteiger partial charge in [0, 0.05) is 24.5 Å². The average Bonchev–Trinajstić information content (AvgIpc) is 2.53. The third-order valence-electron chi connectivity index (χ3n) is 4.08. The molecule has 1 unspecified atom stereocenters. The molecule has 0 bridgehead atoms. The molecule has 2 N–H and O–H groups in total. The predicted octanol–water partition coefficient (Wildman–Crippen LogP) is 2.08. The zero-order valence-electron chi connectivity index (χ0n) is 12.0. The summed E-state index contributed by atoms with van der Waals surface area (Å²) in [5.74, 6) is 0.311. The Kier molecular flexibility index (Phi) is 3.74. The van der Waals surface area contributed by atoms with Crippen LogP contribution in [0.1, 0.15) is 24.1 Å². The lowest BCUT2D eigenvalue weighted by Crippen LogP contribution is -2.38. The molecule has 2 heterocycles. The highest BCUT2D eigenvalue weighted by atomic mass is 16.5. The topological polar surface area (TPSA) is 75.2 Å². The molecule has 0 spiro atoms. The number of fused-ring (bicyclic) bond motifs is 1.